The summed E-state index contributed by atoms with van der Waals surface area (Å²) >= 11 is 4.67. The average molecular weight is 476 g/mol. The van der Waals surface area contributed by atoms with Gasteiger partial charge >= 0.3 is 0 Å². The Hall–Kier alpha value is -3.83. The molecule has 0 amide bonds. The van der Waals surface area contributed by atoms with Gasteiger partial charge in [-0.25, -0.2) is 9.97 Å². The monoisotopic (exact) mass is 475 g/mol. The van der Waals surface area contributed by atoms with Gasteiger partial charge in [0.1, 0.15) is 11.6 Å². The summed E-state index contributed by atoms with van der Waals surface area (Å²) in [5, 5.41) is 3.43. The summed E-state index contributed by atoms with van der Waals surface area (Å²) in [7, 11) is 0. The zero-order valence-corrected chi connectivity index (χ0v) is 20.8. The first kappa shape index (κ1) is 21.7. The number of hydrogen-bond donors (Lipinski definition) is 1. The van der Waals surface area contributed by atoms with Crippen LogP contribution in [0.2, 0.25) is 0 Å². The number of rotatable bonds is 3. The molecule has 0 aliphatic rings. The van der Waals surface area contributed by atoms with Crippen LogP contribution >= 0.6 is 12.6 Å². The Morgan fingerprint density at radius 2 is 1.54 bits per heavy atom. The molecule has 4 nitrogen and oxygen atoms in total. The Balaban J connectivity index is 1.48. The van der Waals surface area contributed by atoms with Gasteiger partial charge in [0.25, 0.3) is 0 Å². The minimum absolute atomic E-state index is 0.00764. The van der Waals surface area contributed by atoms with Gasteiger partial charge in [0.15, 0.2) is 0 Å². The maximum absolute atomic E-state index is 6.28. The second kappa shape index (κ2) is 8.14. The van der Waals surface area contributed by atoms with Gasteiger partial charge in [0.05, 0.1) is 16.6 Å². The maximum Gasteiger partial charge on any atom is 0.219 e. The van der Waals surface area contributed by atoms with Crippen LogP contribution < -0.4 is 4.74 Å². The quantitative estimate of drug-likeness (QED) is 0.263. The standard InChI is InChI=1S/C30H25N3OS/c1-30(2,3)23-14-15-26(35)29-22(23)13-16-28(32-29)34-19-11-12-21-20-8-4-5-9-24(20)33(25(21)18-19)27-10-6-7-17-31-27/h4-18,35H,1-3H3. The predicted molar refractivity (Wildman–Crippen MR) is 146 cm³/mol. The van der Waals surface area contributed by atoms with Crippen molar-refractivity contribution in [1.29, 1.82) is 0 Å². The molecule has 0 N–H and O–H groups in total. The SMILES string of the molecule is CC(C)(C)c1ccc(S)c2nc(Oc3ccc4c5ccccc5n(-c5ccccn5)c4c3)ccc12. The zero-order chi connectivity index (χ0) is 24.2. The Labute approximate surface area is 209 Å². The molecule has 0 saturated heterocycles. The number of fused-ring (bicyclic) bond motifs is 4. The number of para-hydroxylation sites is 1. The molecule has 0 aliphatic carbocycles. The minimum atomic E-state index is 0.00764. The largest absolute Gasteiger partial charge is 0.439 e. The molecule has 0 saturated carbocycles. The van der Waals surface area contributed by atoms with Crippen molar-refractivity contribution in [2.24, 2.45) is 0 Å². The van der Waals surface area contributed by atoms with Gasteiger partial charge in [-0.1, -0.05) is 51.1 Å². The topological polar surface area (TPSA) is 39.9 Å². The Morgan fingerprint density at radius 3 is 2.34 bits per heavy atom. The molecule has 0 bridgehead atoms. The maximum atomic E-state index is 6.28. The summed E-state index contributed by atoms with van der Waals surface area (Å²) in [6, 6.07) is 28.7. The van der Waals surface area contributed by atoms with E-state index in [4.69, 9.17) is 9.72 Å². The number of aromatic nitrogens is 3. The molecule has 3 aromatic carbocycles. The lowest BCUT2D eigenvalue weighted by Crippen LogP contribution is -2.12. The molecule has 0 atom stereocenters. The van der Waals surface area contributed by atoms with E-state index in [1.54, 1.807) is 0 Å². The highest BCUT2D eigenvalue weighted by Gasteiger charge is 2.19. The fourth-order valence-corrected chi connectivity index (χ4v) is 5.01. The van der Waals surface area contributed by atoms with E-state index in [0.29, 0.717) is 5.88 Å². The van der Waals surface area contributed by atoms with E-state index in [0.717, 1.165) is 43.8 Å². The second-order valence-corrected chi connectivity index (χ2v) is 10.2. The number of pyridine rings is 2. The van der Waals surface area contributed by atoms with Crippen LogP contribution in [-0.4, -0.2) is 14.5 Å². The summed E-state index contributed by atoms with van der Waals surface area (Å²) in [6.07, 6.45) is 1.82. The van der Waals surface area contributed by atoms with Crippen LogP contribution in [0.4, 0.5) is 0 Å². The summed E-state index contributed by atoms with van der Waals surface area (Å²) in [6.45, 7) is 6.63. The lowest BCUT2D eigenvalue weighted by molar-refractivity contribution is 0.465. The van der Waals surface area contributed by atoms with Gasteiger partial charge in [0.2, 0.25) is 5.88 Å². The lowest BCUT2D eigenvalue weighted by Gasteiger charge is -2.21. The fraction of sp³-hybridized carbons (Fsp3) is 0.133. The van der Waals surface area contributed by atoms with Crippen molar-refractivity contribution in [1.82, 2.24) is 14.5 Å². The molecule has 5 heteroatoms. The summed E-state index contributed by atoms with van der Waals surface area (Å²) < 4.78 is 8.46. The van der Waals surface area contributed by atoms with Crippen molar-refractivity contribution in [3.63, 3.8) is 0 Å². The van der Waals surface area contributed by atoms with Gasteiger partial charge in [-0.15, -0.1) is 12.6 Å². The first-order chi connectivity index (χ1) is 16.9. The average Bonchev–Trinajstić information content (AvgIpc) is 3.18. The van der Waals surface area contributed by atoms with E-state index in [2.05, 4.69) is 91.5 Å². The highest BCUT2D eigenvalue weighted by molar-refractivity contribution is 7.80. The number of thiol groups is 1. The molecule has 0 radical (unpaired) electrons. The van der Waals surface area contributed by atoms with Crippen LogP contribution in [0.25, 0.3) is 38.5 Å². The third-order valence-electron chi connectivity index (χ3n) is 6.36. The molecule has 0 aliphatic heterocycles. The molecule has 3 heterocycles. The van der Waals surface area contributed by atoms with Gasteiger partial charge in [0, 0.05) is 39.4 Å². The first-order valence-corrected chi connectivity index (χ1v) is 12.1. The van der Waals surface area contributed by atoms with E-state index >= 15 is 0 Å². The molecule has 3 aromatic heterocycles. The van der Waals surface area contributed by atoms with Gasteiger partial charge in [-0.05, 0) is 53.4 Å². The molecule has 6 aromatic rings. The highest BCUT2D eigenvalue weighted by Crippen LogP contribution is 2.36. The van der Waals surface area contributed by atoms with Crippen molar-refractivity contribution in [2.75, 3.05) is 0 Å². The molecule has 0 unspecified atom stereocenters. The van der Waals surface area contributed by atoms with E-state index < -0.39 is 0 Å². The smallest absolute Gasteiger partial charge is 0.219 e. The lowest BCUT2D eigenvalue weighted by atomic mass is 9.84. The molecule has 6 rings (SSSR count). The van der Waals surface area contributed by atoms with Crippen molar-refractivity contribution < 1.29 is 4.74 Å². The number of ether oxygens (including phenoxy) is 1. The number of nitrogens with zero attached hydrogens (tertiary/aromatic N) is 3. The highest BCUT2D eigenvalue weighted by atomic mass is 32.1. The van der Waals surface area contributed by atoms with E-state index in [9.17, 15) is 0 Å². The molecule has 172 valence electrons. The van der Waals surface area contributed by atoms with Gasteiger partial charge in [-0.2, -0.15) is 0 Å². The van der Waals surface area contributed by atoms with Crippen LogP contribution in [0, 0.1) is 0 Å². The summed E-state index contributed by atoms with van der Waals surface area (Å²) in [5.74, 6) is 2.13. The van der Waals surface area contributed by atoms with E-state index in [1.807, 2.05) is 42.6 Å². The summed E-state index contributed by atoms with van der Waals surface area (Å²) in [5.41, 5.74) is 4.24. The molecule has 0 fully saturated rings. The molecular weight excluding hydrogens is 450 g/mol. The van der Waals surface area contributed by atoms with Crippen LogP contribution in [0.15, 0.2) is 96.0 Å². The fourth-order valence-electron chi connectivity index (χ4n) is 4.76. The van der Waals surface area contributed by atoms with Crippen LogP contribution in [-0.2, 0) is 5.41 Å². The van der Waals surface area contributed by atoms with Gasteiger partial charge in [-0.3, -0.25) is 4.57 Å². The van der Waals surface area contributed by atoms with Crippen molar-refractivity contribution in [2.45, 2.75) is 31.1 Å². The van der Waals surface area contributed by atoms with Crippen LogP contribution in [0.3, 0.4) is 0 Å². The van der Waals surface area contributed by atoms with Crippen molar-refractivity contribution in [3.8, 4) is 17.4 Å². The predicted octanol–water partition coefficient (Wildman–Crippen LogP) is 8.11. The minimum Gasteiger partial charge on any atom is -0.439 e. The molecule has 35 heavy (non-hydrogen) atoms. The second-order valence-electron chi connectivity index (χ2n) is 9.75. The molecular formula is C30H25N3OS. The van der Waals surface area contributed by atoms with Crippen molar-refractivity contribution in [3.05, 3.63) is 96.7 Å². The number of hydrogen-bond acceptors (Lipinski definition) is 4. The Morgan fingerprint density at radius 1 is 0.771 bits per heavy atom. The van der Waals surface area contributed by atoms with E-state index in [1.165, 1.54) is 10.9 Å². The number of benzene rings is 3. The first-order valence-electron chi connectivity index (χ1n) is 11.7. The van der Waals surface area contributed by atoms with Crippen LogP contribution in [0.1, 0.15) is 26.3 Å². The summed E-state index contributed by atoms with van der Waals surface area (Å²) in [4.78, 5) is 10.3. The normalized spacial score (nSPS) is 12.0. The third-order valence-corrected chi connectivity index (χ3v) is 6.73. The zero-order valence-electron chi connectivity index (χ0n) is 19.9. The Bertz CT molecular complexity index is 1720. The van der Waals surface area contributed by atoms with E-state index in [-0.39, 0.29) is 5.41 Å². The van der Waals surface area contributed by atoms with Crippen molar-refractivity contribution >= 4 is 45.3 Å². The Kier molecular flexibility index (Phi) is 5.04. The van der Waals surface area contributed by atoms with Gasteiger partial charge < -0.3 is 4.74 Å². The third kappa shape index (κ3) is 3.72. The van der Waals surface area contributed by atoms with Crippen LogP contribution in [0.5, 0.6) is 11.6 Å². The molecule has 0 spiro atoms.